The molecule has 136 valence electrons. The lowest BCUT2D eigenvalue weighted by Crippen LogP contribution is -2.48. The van der Waals surface area contributed by atoms with E-state index in [2.05, 4.69) is 10.2 Å². The highest BCUT2D eigenvalue weighted by Gasteiger charge is 2.24. The highest BCUT2D eigenvalue weighted by molar-refractivity contribution is 5.85. The summed E-state index contributed by atoms with van der Waals surface area (Å²) in [6.45, 7) is 4.47. The lowest BCUT2D eigenvalue weighted by Gasteiger charge is -2.34. The van der Waals surface area contributed by atoms with Crippen molar-refractivity contribution >= 4 is 18.3 Å². The van der Waals surface area contributed by atoms with Crippen LogP contribution in [-0.2, 0) is 4.79 Å². The van der Waals surface area contributed by atoms with E-state index in [-0.39, 0.29) is 24.4 Å². The minimum atomic E-state index is -0.0106. The lowest BCUT2D eigenvalue weighted by atomic mass is 10.0. The van der Waals surface area contributed by atoms with Crippen LogP contribution in [0.2, 0.25) is 0 Å². The molecule has 1 heterocycles. The number of likely N-dealkylation sites (tertiary alicyclic amines) is 1. The Morgan fingerprint density at radius 1 is 1.46 bits per heavy atom. The summed E-state index contributed by atoms with van der Waals surface area (Å²) >= 11 is 0. The maximum absolute atomic E-state index is 12.6. The average molecular weight is 356 g/mol. The van der Waals surface area contributed by atoms with Crippen molar-refractivity contribution in [2.75, 3.05) is 40.8 Å². The number of halogens is 1. The number of methoxy groups -OCH3 is 1. The van der Waals surface area contributed by atoms with Crippen LogP contribution in [0, 0.1) is 0 Å². The standard InChI is InChI=1S/C18H29N3O2.ClH/c1-14(16-9-5-6-10-17(16)23-4)20(3)18(22)13-21-11-7-8-15(12-21)19-2;/h5-6,9-10,14-15,19H,7-8,11-13H2,1-4H3;1H. The monoisotopic (exact) mass is 355 g/mol. The third-order valence-corrected chi connectivity index (χ3v) is 4.84. The van der Waals surface area contributed by atoms with Gasteiger partial charge in [0.25, 0.3) is 0 Å². The quantitative estimate of drug-likeness (QED) is 0.850. The van der Waals surface area contributed by atoms with E-state index >= 15 is 0 Å². The van der Waals surface area contributed by atoms with Gasteiger partial charge in [0, 0.05) is 25.2 Å². The van der Waals surface area contributed by atoms with Gasteiger partial charge in [-0.25, -0.2) is 0 Å². The van der Waals surface area contributed by atoms with Crippen LogP contribution in [0.4, 0.5) is 0 Å². The number of nitrogens with one attached hydrogen (secondary N) is 1. The highest BCUT2D eigenvalue weighted by atomic mass is 35.5. The topological polar surface area (TPSA) is 44.8 Å². The zero-order chi connectivity index (χ0) is 16.8. The Balaban J connectivity index is 0.00000288. The molecule has 1 saturated heterocycles. The van der Waals surface area contributed by atoms with Gasteiger partial charge in [-0.1, -0.05) is 18.2 Å². The number of ether oxygens (including phenoxy) is 1. The molecule has 24 heavy (non-hydrogen) atoms. The van der Waals surface area contributed by atoms with Gasteiger partial charge in [0.1, 0.15) is 5.75 Å². The van der Waals surface area contributed by atoms with Crippen LogP contribution < -0.4 is 10.1 Å². The second kappa shape index (κ2) is 9.87. The largest absolute Gasteiger partial charge is 0.496 e. The number of benzene rings is 1. The molecule has 6 heteroatoms. The van der Waals surface area contributed by atoms with E-state index < -0.39 is 0 Å². The smallest absolute Gasteiger partial charge is 0.236 e. The minimum absolute atomic E-state index is 0. The molecule has 1 N–H and O–H groups in total. The molecule has 1 aromatic rings. The van der Waals surface area contributed by atoms with Crippen LogP contribution in [-0.4, -0.2) is 62.6 Å². The minimum Gasteiger partial charge on any atom is -0.496 e. The number of hydrogen-bond donors (Lipinski definition) is 1. The second-order valence-corrected chi connectivity index (χ2v) is 6.29. The molecule has 0 saturated carbocycles. The van der Waals surface area contributed by atoms with E-state index in [4.69, 9.17) is 4.74 Å². The highest BCUT2D eigenvalue weighted by Crippen LogP contribution is 2.28. The molecule has 1 aliphatic heterocycles. The Kier molecular flexibility index (Phi) is 8.53. The summed E-state index contributed by atoms with van der Waals surface area (Å²) in [6, 6.07) is 8.37. The molecule has 1 amide bonds. The van der Waals surface area contributed by atoms with Crippen molar-refractivity contribution in [2.45, 2.75) is 31.8 Å². The van der Waals surface area contributed by atoms with Crippen molar-refractivity contribution in [3.05, 3.63) is 29.8 Å². The molecule has 5 nitrogen and oxygen atoms in total. The van der Waals surface area contributed by atoms with Gasteiger partial charge in [-0.05, 0) is 39.4 Å². The van der Waals surface area contributed by atoms with Gasteiger partial charge < -0.3 is 15.0 Å². The van der Waals surface area contributed by atoms with Gasteiger partial charge in [0.15, 0.2) is 0 Å². The van der Waals surface area contributed by atoms with Crippen molar-refractivity contribution in [3.8, 4) is 5.75 Å². The van der Waals surface area contributed by atoms with E-state index in [9.17, 15) is 4.79 Å². The van der Waals surface area contributed by atoms with Crippen LogP contribution in [0.1, 0.15) is 31.4 Å². The average Bonchev–Trinajstić information content (AvgIpc) is 2.60. The Hall–Kier alpha value is -1.30. The van der Waals surface area contributed by atoms with Crippen LogP contribution in [0.25, 0.3) is 0 Å². The molecule has 0 aromatic heterocycles. The van der Waals surface area contributed by atoms with Crippen LogP contribution >= 0.6 is 12.4 Å². The lowest BCUT2D eigenvalue weighted by molar-refractivity contribution is -0.133. The van der Waals surface area contributed by atoms with Gasteiger partial charge in [-0.15, -0.1) is 12.4 Å². The SMILES string of the molecule is CNC1CCCN(CC(=O)N(C)C(C)c2ccccc2OC)C1.Cl. The molecule has 1 fully saturated rings. The van der Waals surface area contributed by atoms with Gasteiger partial charge in [0.2, 0.25) is 5.91 Å². The van der Waals surface area contributed by atoms with Crippen molar-refractivity contribution < 1.29 is 9.53 Å². The predicted molar refractivity (Wildman–Crippen MR) is 99.9 cm³/mol. The Labute approximate surface area is 151 Å². The number of para-hydroxylation sites is 1. The first-order valence-electron chi connectivity index (χ1n) is 8.35. The van der Waals surface area contributed by atoms with Crippen LogP contribution in [0.15, 0.2) is 24.3 Å². The molecule has 2 rings (SSSR count). The number of likely N-dealkylation sites (N-methyl/N-ethyl adjacent to an activating group) is 2. The molecule has 1 aliphatic rings. The number of carbonyl (C=O) groups is 1. The van der Waals surface area contributed by atoms with E-state index in [1.807, 2.05) is 50.2 Å². The molecule has 0 spiro atoms. The maximum Gasteiger partial charge on any atom is 0.236 e. The Morgan fingerprint density at radius 2 is 2.17 bits per heavy atom. The zero-order valence-electron chi connectivity index (χ0n) is 15.1. The van der Waals surface area contributed by atoms with E-state index in [1.165, 1.54) is 6.42 Å². The van der Waals surface area contributed by atoms with Crippen molar-refractivity contribution in [2.24, 2.45) is 0 Å². The van der Waals surface area contributed by atoms with Gasteiger partial charge in [-0.3, -0.25) is 9.69 Å². The molecular weight excluding hydrogens is 326 g/mol. The Morgan fingerprint density at radius 3 is 2.83 bits per heavy atom. The summed E-state index contributed by atoms with van der Waals surface area (Å²) < 4.78 is 5.42. The van der Waals surface area contributed by atoms with Crippen molar-refractivity contribution in [3.63, 3.8) is 0 Å². The summed E-state index contributed by atoms with van der Waals surface area (Å²) in [5.41, 5.74) is 1.04. The summed E-state index contributed by atoms with van der Waals surface area (Å²) in [6.07, 6.45) is 2.33. The van der Waals surface area contributed by atoms with Crippen LogP contribution in [0.3, 0.4) is 0 Å². The normalized spacial score (nSPS) is 19.2. The van der Waals surface area contributed by atoms with Gasteiger partial charge in [0.05, 0.1) is 19.7 Å². The summed E-state index contributed by atoms with van der Waals surface area (Å²) in [7, 11) is 5.53. The number of hydrogen-bond acceptors (Lipinski definition) is 4. The van der Waals surface area contributed by atoms with E-state index in [0.717, 1.165) is 30.8 Å². The molecule has 2 atom stereocenters. The fraction of sp³-hybridized carbons (Fsp3) is 0.611. The van der Waals surface area contributed by atoms with Crippen molar-refractivity contribution in [1.29, 1.82) is 0 Å². The van der Waals surface area contributed by atoms with Gasteiger partial charge in [-0.2, -0.15) is 0 Å². The second-order valence-electron chi connectivity index (χ2n) is 6.29. The zero-order valence-corrected chi connectivity index (χ0v) is 15.9. The molecule has 0 aliphatic carbocycles. The fourth-order valence-electron chi connectivity index (χ4n) is 3.17. The maximum atomic E-state index is 12.6. The fourth-order valence-corrected chi connectivity index (χ4v) is 3.17. The number of rotatable bonds is 6. The number of amides is 1. The first-order valence-corrected chi connectivity index (χ1v) is 8.35. The first-order chi connectivity index (χ1) is 11.1. The van der Waals surface area contributed by atoms with Crippen molar-refractivity contribution in [1.82, 2.24) is 15.1 Å². The number of carbonyl (C=O) groups excluding carboxylic acids is 1. The summed E-state index contributed by atoms with van der Waals surface area (Å²) in [4.78, 5) is 16.7. The molecule has 2 unspecified atom stereocenters. The summed E-state index contributed by atoms with van der Waals surface area (Å²) in [5, 5.41) is 3.32. The molecule has 0 radical (unpaired) electrons. The molecule has 0 bridgehead atoms. The van der Waals surface area contributed by atoms with Crippen LogP contribution in [0.5, 0.6) is 5.75 Å². The van der Waals surface area contributed by atoms with E-state index in [0.29, 0.717) is 12.6 Å². The third kappa shape index (κ3) is 5.10. The number of nitrogens with zero attached hydrogens (tertiary/aromatic N) is 2. The summed E-state index contributed by atoms with van der Waals surface area (Å²) in [5.74, 6) is 0.980. The number of piperidine rings is 1. The third-order valence-electron chi connectivity index (χ3n) is 4.84. The molecular formula is C18H30ClN3O2. The predicted octanol–water partition coefficient (Wildman–Crippen LogP) is 2.32. The molecule has 1 aromatic carbocycles. The first kappa shape index (κ1) is 20.7. The van der Waals surface area contributed by atoms with E-state index in [1.54, 1.807) is 7.11 Å². The Bertz CT molecular complexity index is 527. The van der Waals surface area contributed by atoms with Gasteiger partial charge >= 0.3 is 0 Å².